The molecule has 120 valence electrons. The number of aromatic nitrogens is 2. The number of ether oxygens (including phenoxy) is 1. The van der Waals surface area contributed by atoms with Gasteiger partial charge in [-0.25, -0.2) is 5.10 Å². The molecule has 0 bridgehead atoms. The minimum Gasteiger partial charge on any atom is -0.378 e. The third-order valence-corrected chi connectivity index (χ3v) is 3.84. The number of nitrogens with one attached hydrogen (secondary N) is 2. The average molecular weight is 334 g/mol. The molecule has 3 rings (SSSR count). The zero-order valence-electron chi connectivity index (χ0n) is 12.3. The maximum Gasteiger partial charge on any atom is 0.285 e. The highest BCUT2D eigenvalue weighted by Gasteiger charge is 2.10. The van der Waals surface area contributed by atoms with E-state index in [1.165, 1.54) is 11.9 Å². The van der Waals surface area contributed by atoms with Crippen molar-refractivity contribution in [3.05, 3.63) is 51.4 Å². The van der Waals surface area contributed by atoms with Gasteiger partial charge in [-0.15, -0.1) is 0 Å². The molecule has 0 amide bonds. The van der Waals surface area contributed by atoms with E-state index in [0.717, 1.165) is 31.9 Å². The standard InChI is InChI=1S/C15H16ClN5O2/c16-14-13(10-18-20-15(14)22)19-17-9-11-1-3-12(4-2-11)21-5-7-23-8-6-21/h1-4,9-10H,5-8H2,(H2,19,20,22)/b17-9-. The summed E-state index contributed by atoms with van der Waals surface area (Å²) < 4.78 is 5.35. The van der Waals surface area contributed by atoms with E-state index in [1.807, 2.05) is 12.1 Å². The number of aromatic amines is 1. The predicted octanol–water partition coefficient (Wildman–Crippen LogP) is 1.71. The molecule has 0 radical (unpaired) electrons. The zero-order chi connectivity index (χ0) is 16.1. The van der Waals surface area contributed by atoms with Crippen molar-refractivity contribution in [1.82, 2.24) is 10.2 Å². The molecule has 1 saturated heterocycles. The fourth-order valence-electron chi connectivity index (χ4n) is 2.23. The van der Waals surface area contributed by atoms with Crippen LogP contribution in [0.5, 0.6) is 0 Å². The lowest BCUT2D eigenvalue weighted by Gasteiger charge is -2.28. The van der Waals surface area contributed by atoms with Crippen molar-refractivity contribution in [2.24, 2.45) is 5.10 Å². The number of hydrogen-bond donors (Lipinski definition) is 2. The predicted molar refractivity (Wildman–Crippen MR) is 90.6 cm³/mol. The van der Waals surface area contributed by atoms with Crippen LogP contribution in [-0.4, -0.2) is 42.7 Å². The molecule has 0 atom stereocenters. The molecule has 1 aliphatic heterocycles. The average Bonchev–Trinajstić information content (AvgIpc) is 2.60. The van der Waals surface area contributed by atoms with Crippen LogP contribution in [0.3, 0.4) is 0 Å². The van der Waals surface area contributed by atoms with Crippen LogP contribution in [0.2, 0.25) is 5.02 Å². The first-order chi connectivity index (χ1) is 11.2. The van der Waals surface area contributed by atoms with Gasteiger partial charge in [0.1, 0.15) is 10.7 Å². The van der Waals surface area contributed by atoms with Crippen LogP contribution in [0, 0.1) is 0 Å². The van der Waals surface area contributed by atoms with Crippen LogP contribution in [0.25, 0.3) is 0 Å². The molecule has 2 N–H and O–H groups in total. The van der Waals surface area contributed by atoms with Gasteiger partial charge in [-0.05, 0) is 17.7 Å². The van der Waals surface area contributed by atoms with Gasteiger partial charge in [0.2, 0.25) is 0 Å². The quantitative estimate of drug-likeness (QED) is 0.657. The molecule has 1 aromatic heterocycles. The molecular formula is C15H16ClN5O2. The summed E-state index contributed by atoms with van der Waals surface area (Å²) in [6.07, 6.45) is 3.06. The molecular weight excluding hydrogens is 318 g/mol. The summed E-state index contributed by atoms with van der Waals surface area (Å²) in [6, 6.07) is 8.06. The molecule has 2 heterocycles. The first-order valence-electron chi connectivity index (χ1n) is 7.19. The van der Waals surface area contributed by atoms with Crippen LogP contribution in [0.15, 0.2) is 40.4 Å². The van der Waals surface area contributed by atoms with Crippen molar-refractivity contribution in [2.75, 3.05) is 36.6 Å². The van der Waals surface area contributed by atoms with Crippen LogP contribution in [0.1, 0.15) is 5.56 Å². The number of morpholine rings is 1. The first kappa shape index (κ1) is 15.5. The van der Waals surface area contributed by atoms with Crippen LogP contribution in [0.4, 0.5) is 11.4 Å². The van der Waals surface area contributed by atoms with Crippen molar-refractivity contribution in [1.29, 1.82) is 0 Å². The van der Waals surface area contributed by atoms with Gasteiger partial charge in [-0.1, -0.05) is 23.7 Å². The van der Waals surface area contributed by atoms with E-state index in [-0.39, 0.29) is 5.02 Å². The molecule has 7 nitrogen and oxygen atoms in total. The lowest BCUT2D eigenvalue weighted by Crippen LogP contribution is -2.36. The van der Waals surface area contributed by atoms with Crippen molar-refractivity contribution in [2.45, 2.75) is 0 Å². The Bertz CT molecular complexity index is 738. The van der Waals surface area contributed by atoms with Crippen molar-refractivity contribution in [3.63, 3.8) is 0 Å². The van der Waals surface area contributed by atoms with E-state index >= 15 is 0 Å². The van der Waals surface area contributed by atoms with Gasteiger partial charge in [0, 0.05) is 18.8 Å². The third kappa shape index (κ3) is 3.88. The highest BCUT2D eigenvalue weighted by molar-refractivity contribution is 6.32. The smallest absolute Gasteiger partial charge is 0.285 e. The number of rotatable bonds is 4. The maximum atomic E-state index is 11.3. The number of benzene rings is 1. The Kier molecular flexibility index (Phi) is 4.89. The van der Waals surface area contributed by atoms with Crippen molar-refractivity contribution >= 4 is 29.2 Å². The van der Waals surface area contributed by atoms with Crippen molar-refractivity contribution in [3.8, 4) is 0 Å². The monoisotopic (exact) mass is 333 g/mol. The summed E-state index contributed by atoms with van der Waals surface area (Å²) in [4.78, 5) is 13.6. The Balaban J connectivity index is 1.63. The number of hydrazone groups is 1. The number of nitrogens with zero attached hydrogens (tertiary/aromatic N) is 3. The molecule has 0 unspecified atom stereocenters. The van der Waals surface area contributed by atoms with Gasteiger partial charge in [-0.2, -0.15) is 10.2 Å². The SMILES string of the molecule is O=c1[nH]ncc(N/N=C\c2ccc(N3CCOCC3)cc2)c1Cl. The van der Waals surface area contributed by atoms with Gasteiger partial charge >= 0.3 is 0 Å². The summed E-state index contributed by atoms with van der Waals surface area (Å²) in [6.45, 7) is 3.34. The molecule has 0 spiro atoms. The molecule has 0 saturated carbocycles. The summed E-state index contributed by atoms with van der Waals surface area (Å²) in [5, 5.41) is 10.0. The van der Waals surface area contributed by atoms with E-state index in [1.54, 1.807) is 6.21 Å². The molecule has 0 aliphatic carbocycles. The van der Waals surface area contributed by atoms with Crippen molar-refractivity contribution < 1.29 is 4.74 Å². The summed E-state index contributed by atoms with van der Waals surface area (Å²) in [7, 11) is 0. The van der Waals surface area contributed by atoms with E-state index < -0.39 is 5.56 Å². The van der Waals surface area contributed by atoms with Crippen LogP contribution in [-0.2, 0) is 4.74 Å². The Hall–Kier alpha value is -2.38. The fraction of sp³-hybridized carbons (Fsp3) is 0.267. The Morgan fingerprint density at radius 3 is 2.78 bits per heavy atom. The second-order valence-corrected chi connectivity index (χ2v) is 5.37. The maximum absolute atomic E-state index is 11.3. The van der Waals surface area contributed by atoms with Gasteiger partial charge in [0.25, 0.3) is 5.56 Å². The highest BCUT2D eigenvalue weighted by atomic mass is 35.5. The summed E-state index contributed by atoms with van der Waals surface area (Å²) in [5.41, 5.74) is 4.71. The van der Waals surface area contributed by atoms with Crippen LogP contribution < -0.4 is 15.9 Å². The zero-order valence-corrected chi connectivity index (χ0v) is 13.1. The van der Waals surface area contributed by atoms with Crippen LogP contribution >= 0.6 is 11.6 Å². The molecule has 8 heteroatoms. The van der Waals surface area contributed by atoms with E-state index in [4.69, 9.17) is 16.3 Å². The number of H-pyrrole nitrogens is 1. The largest absolute Gasteiger partial charge is 0.378 e. The molecule has 1 aliphatic rings. The molecule has 23 heavy (non-hydrogen) atoms. The normalized spacial score (nSPS) is 15.1. The second kappa shape index (κ2) is 7.26. The Labute approximate surface area is 137 Å². The molecule has 1 fully saturated rings. The molecule has 1 aromatic carbocycles. The van der Waals surface area contributed by atoms with E-state index in [2.05, 4.69) is 37.8 Å². The second-order valence-electron chi connectivity index (χ2n) is 4.99. The van der Waals surface area contributed by atoms with E-state index in [9.17, 15) is 4.79 Å². The molecule has 2 aromatic rings. The van der Waals surface area contributed by atoms with Gasteiger partial charge in [0.05, 0.1) is 25.6 Å². The fourth-order valence-corrected chi connectivity index (χ4v) is 2.36. The number of anilines is 2. The van der Waals surface area contributed by atoms with Gasteiger partial charge in [0.15, 0.2) is 0 Å². The first-order valence-corrected chi connectivity index (χ1v) is 7.57. The summed E-state index contributed by atoms with van der Waals surface area (Å²) in [5.74, 6) is 0. The van der Waals surface area contributed by atoms with Gasteiger partial charge in [-0.3, -0.25) is 10.2 Å². The Morgan fingerprint density at radius 1 is 1.30 bits per heavy atom. The van der Waals surface area contributed by atoms with Gasteiger partial charge < -0.3 is 9.64 Å². The minimum absolute atomic E-state index is 0.0276. The topological polar surface area (TPSA) is 82.6 Å². The highest BCUT2D eigenvalue weighted by Crippen LogP contribution is 2.16. The van der Waals surface area contributed by atoms with E-state index in [0.29, 0.717) is 5.69 Å². The lowest BCUT2D eigenvalue weighted by molar-refractivity contribution is 0.122. The summed E-state index contributed by atoms with van der Waals surface area (Å²) >= 11 is 5.85. The Morgan fingerprint density at radius 2 is 2.04 bits per heavy atom. The number of hydrogen-bond acceptors (Lipinski definition) is 6. The number of halogens is 1. The lowest BCUT2D eigenvalue weighted by atomic mass is 10.2. The minimum atomic E-state index is -0.457. The third-order valence-electron chi connectivity index (χ3n) is 3.46.